The van der Waals surface area contributed by atoms with Gasteiger partial charge in [0.05, 0.1) is 16.3 Å². The van der Waals surface area contributed by atoms with E-state index in [0.717, 1.165) is 25.7 Å². The molecule has 0 bridgehead atoms. The minimum atomic E-state index is -3.52. The first-order chi connectivity index (χ1) is 11.3. The predicted octanol–water partition coefficient (Wildman–Crippen LogP) is 2.18. The van der Waals surface area contributed by atoms with E-state index >= 15 is 0 Å². The number of hydrogen-bond acceptors (Lipinski definition) is 4. The van der Waals surface area contributed by atoms with Crippen molar-refractivity contribution in [2.75, 3.05) is 23.1 Å². The number of anilines is 1. The molecule has 1 aromatic rings. The molecule has 0 aromatic heterocycles. The van der Waals surface area contributed by atoms with Crippen molar-refractivity contribution < 1.29 is 16.8 Å². The lowest BCUT2D eigenvalue weighted by molar-refractivity contribution is 0.268. The van der Waals surface area contributed by atoms with Crippen molar-refractivity contribution in [1.82, 2.24) is 4.31 Å². The summed E-state index contributed by atoms with van der Waals surface area (Å²) in [6, 6.07) is 6.26. The van der Waals surface area contributed by atoms with Gasteiger partial charge in [-0.05, 0) is 56.9 Å². The molecule has 2 aliphatic heterocycles. The lowest BCUT2D eigenvalue weighted by atomic mass is 10.1. The molecule has 1 atom stereocenters. The van der Waals surface area contributed by atoms with Crippen molar-refractivity contribution >= 4 is 25.7 Å². The molecule has 2 saturated heterocycles. The summed E-state index contributed by atoms with van der Waals surface area (Å²) in [5.74, 6) is 0.151. The maximum Gasteiger partial charge on any atom is 0.243 e. The molecule has 3 rings (SSSR count). The summed E-state index contributed by atoms with van der Waals surface area (Å²) >= 11 is 0. The lowest BCUT2D eigenvalue weighted by Crippen LogP contribution is -2.42. The fraction of sp³-hybridized carbons (Fsp3) is 0.625. The molecule has 2 fully saturated rings. The third-order valence-electron chi connectivity index (χ3n) is 4.82. The monoisotopic (exact) mass is 372 g/mol. The smallest absolute Gasteiger partial charge is 0.243 e. The quantitative estimate of drug-likeness (QED) is 0.815. The first-order valence-electron chi connectivity index (χ1n) is 8.45. The highest BCUT2D eigenvalue weighted by molar-refractivity contribution is 7.92. The van der Waals surface area contributed by atoms with Crippen LogP contribution in [0.5, 0.6) is 0 Å². The Labute approximate surface area is 144 Å². The van der Waals surface area contributed by atoms with Gasteiger partial charge in [0.15, 0.2) is 0 Å². The van der Waals surface area contributed by atoms with Crippen LogP contribution in [0.2, 0.25) is 0 Å². The van der Waals surface area contributed by atoms with Gasteiger partial charge in [-0.25, -0.2) is 16.8 Å². The molecular formula is C16H24N2O4S2. The van der Waals surface area contributed by atoms with Gasteiger partial charge < -0.3 is 0 Å². The van der Waals surface area contributed by atoms with E-state index < -0.39 is 20.0 Å². The summed E-state index contributed by atoms with van der Waals surface area (Å²) in [6.07, 6.45) is 4.32. The second kappa shape index (κ2) is 6.65. The SMILES string of the molecule is C[C@@H]1CCCCN1S(=O)(=O)c1ccc(N2CCCCS2(=O)=O)cc1. The molecule has 134 valence electrons. The van der Waals surface area contributed by atoms with Crippen LogP contribution in [0.25, 0.3) is 0 Å². The molecule has 24 heavy (non-hydrogen) atoms. The van der Waals surface area contributed by atoms with E-state index in [0.29, 0.717) is 25.2 Å². The summed E-state index contributed by atoms with van der Waals surface area (Å²) < 4.78 is 52.9. The van der Waals surface area contributed by atoms with Crippen LogP contribution in [0.4, 0.5) is 5.69 Å². The van der Waals surface area contributed by atoms with Gasteiger partial charge in [-0.2, -0.15) is 4.31 Å². The number of hydrogen-bond donors (Lipinski definition) is 0. The lowest BCUT2D eigenvalue weighted by Gasteiger charge is -2.32. The highest BCUT2D eigenvalue weighted by Gasteiger charge is 2.31. The molecule has 1 aromatic carbocycles. The van der Waals surface area contributed by atoms with E-state index in [1.165, 1.54) is 16.4 Å². The molecule has 0 aliphatic carbocycles. The molecule has 0 saturated carbocycles. The minimum Gasteiger partial charge on any atom is -0.270 e. The van der Waals surface area contributed by atoms with Crippen molar-refractivity contribution in [2.45, 2.75) is 50.0 Å². The zero-order valence-corrected chi connectivity index (χ0v) is 15.5. The Balaban J connectivity index is 1.86. The molecule has 6 nitrogen and oxygen atoms in total. The standard InChI is InChI=1S/C16H24N2O4S2/c1-14-6-2-3-11-17(14)24(21,22)16-9-7-15(8-10-16)18-12-4-5-13-23(18,19)20/h7-10,14H,2-6,11-13H2,1H3/t14-/m1/s1. The van der Waals surface area contributed by atoms with Crippen LogP contribution < -0.4 is 4.31 Å². The van der Waals surface area contributed by atoms with Crippen LogP contribution in [0.15, 0.2) is 29.2 Å². The van der Waals surface area contributed by atoms with Crippen LogP contribution in [-0.2, 0) is 20.0 Å². The van der Waals surface area contributed by atoms with Gasteiger partial charge >= 0.3 is 0 Å². The fourth-order valence-corrected chi connectivity index (χ4v) is 6.77. The van der Waals surface area contributed by atoms with E-state index in [1.807, 2.05) is 6.92 Å². The van der Waals surface area contributed by atoms with Crippen molar-refractivity contribution in [3.63, 3.8) is 0 Å². The van der Waals surface area contributed by atoms with Crippen LogP contribution in [0.1, 0.15) is 39.0 Å². The van der Waals surface area contributed by atoms with Gasteiger partial charge in [0.1, 0.15) is 0 Å². The molecule has 0 N–H and O–H groups in total. The third kappa shape index (κ3) is 3.32. The minimum absolute atomic E-state index is 0.00546. The first-order valence-corrected chi connectivity index (χ1v) is 11.5. The highest BCUT2D eigenvalue weighted by Crippen LogP contribution is 2.28. The zero-order chi connectivity index (χ0) is 17.4. The number of nitrogens with zero attached hydrogens (tertiary/aromatic N) is 2. The third-order valence-corrected chi connectivity index (χ3v) is 8.72. The largest absolute Gasteiger partial charge is 0.270 e. The Morgan fingerprint density at radius 2 is 1.67 bits per heavy atom. The molecule has 2 heterocycles. The van der Waals surface area contributed by atoms with E-state index in [4.69, 9.17) is 0 Å². The molecule has 8 heteroatoms. The Kier molecular flexibility index (Phi) is 4.90. The number of rotatable bonds is 3. The normalized spacial score (nSPS) is 25.5. The number of sulfonamides is 2. The van der Waals surface area contributed by atoms with Crippen LogP contribution in [-0.4, -0.2) is 46.0 Å². The first kappa shape index (κ1) is 17.7. The highest BCUT2D eigenvalue weighted by atomic mass is 32.2. The van der Waals surface area contributed by atoms with Gasteiger partial charge in [0.25, 0.3) is 0 Å². The van der Waals surface area contributed by atoms with Crippen molar-refractivity contribution in [2.24, 2.45) is 0 Å². The van der Waals surface area contributed by atoms with Crippen LogP contribution in [0.3, 0.4) is 0 Å². The Morgan fingerprint density at radius 1 is 1.00 bits per heavy atom. The molecule has 2 aliphatic rings. The summed E-state index contributed by atoms with van der Waals surface area (Å²) in [5, 5.41) is 0. The summed E-state index contributed by atoms with van der Waals surface area (Å²) in [4.78, 5) is 0.231. The van der Waals surface area contributed by atoms with Crippen molar-refractivity contribution in [1.29, 1.82) is 0 Å². The van der Waals surface area contributed by atoms with E-state index in [9.17, 15) is 16.8 Å². The average molecular weight is 373 g/mol. The van der Waals surface area contributed by atoms with Gasteiger partial charge in [-0.15, -0.1) is 0 Å². The Bertz CT molecular complexity index is 788. The second-order valence-corrected chi connectivity index (χ2v) is 10.5. The summed E-state index contributed by atoms with van der Waals surface area (Å²) in [6.45, 7) is 2.94. The number of benzene rings is 1. The molecule has 0 spiro atoms. The van der Waals surface area contributed by atoms with Gasteiger partial charge in [-0.1, -0.05) is 6.42 Å². The predicted molar refractivity (Wildman–Crippen MR) is 94.0 cm³/mol. The molecule has 0 unspecified atom stereocenters. The van der Waals surface area contributed by atoms with Gasteiger partial charge in [0.2, 0.25) is 20.0 Å². The zero-order valence-electron chi connectivity index (χ0n) is 13.9. The molecular weight excluding hydrogens is 348 g/mol. The van der Waals surface area contributed by atoms with Gasteiger partial charge in [-0.3, -0.25) is 4.31 Å². The summed E-state index contributed by atoms with van der Waals surface area (Å²) in [5.41, 5.74) is 0.542. The topological polar surface area (TPSA) is 74.8 Å². The Morgan fingerprint density at radius 3 is 2.29 bits per heavy atom. The fourth-order valence-electron chi connectivity index (χ4n) is 3.43. The second-order valence-electron chi connectivity index (χ2n) is 6.55. The average Bonchev–Trinajstić information content (AvgIpc) is 2.55. The van der Waals surface area contributed by atoms with Crippen LogP contribution in [0, 0.1) is 0 Å². The van der Waals surface area contributed by atoms with E-state index in [1.54, 1.807) is 16.4 Å². The van der Waals surface area contributed by atoms with Gasteiger partial charge in [0, 0.05) is 19.1 Å². The van der Waals surface area contributed by atoms with E-state index in [-0.39, 0.29) is 16.7 Å². The maximum absolute atomic E-state index is 12.8. The summed E-state index contributed by atoms with van der Waals surface area (Å²) in [7, 11) is -6.80. The molecule has 0 amide bonds. The Hall–Kier alpha value is -1.12. The number of piperidine rings is 1. The van der Waals surface area contributed by atoms with E-state index in [2.05, 4.69) is 0 Å². The maximum atomic E-state index is 12.8. The van der Waals surface area contributed by atoms with Crippen molar-refractivity contribution in [3.05, 3.63) is 24.3 Å². The molecule has 0 radical (unpaired) electrons. The van der Waals surface area contributed by atoms with Crippen molar-refractivity contribution in [3.8, 4) is 0 Å². The van der Waals surface area contributed by atoms with Crippen LogP contribution >= 0.6 is 0 Å².